The van der Waals surface area contributed by atoms with Crippen molar-refractivity contribution in [1.29, 1.82) is 0 Å². The van der Waals surface area contributed by atoms with E-state index in [1.165, 1.54) is 48.3 Å². The van der Waals surface area contributed by atoms with Gasteiger partial charge in [0.15, 0.2) is 0 Å². The van der Waals surface area contributed by atoms with E-state index >= 15 is 0 Å². The molecule has 132 valence electrons. The molecule has 2 aliphatic rings. The molecule has 7 rings (SSSR count). The number of hydrogen-bond acceptors (Lipinski definition) is 0. The summed E-state index contributed by atoms with van der Waals surface area (Å²) in [6.45, 7) is 0. The zero-order valence-corrected chi connectivity index (χ0v) is 18.4. The van der Waals surface area contributed by atoms with Crippen molar-refractivity contribution in [2.45, 2.75) is 6.42 Å². The van der Waals surface area contributed by atoms with Crippen LogP contribution in [-0.4, -0.2) is 17.0 Å². The maximum absolute atomic E-state index is 2.42. The molecule has 1 heteroatoms. The van der Waals surface area contributed by atoms with Gasteiger partial charge in [0.1, 0.15) is 0 Å². The minimum absolute atomic E-state index is 0.645. The van der Waals surface area contributed by atoms with Crippen LogP contribution in [-0.2, 0) is 6.42 Å². The van der Waals surface area contributed by atoms with Crippen molar-refractivity contribution in [3.63, 3.8) is 0 Å². The predicted molar refractivity (Wildman–Crippen MR) is 122 cm³/mol. The molecule has 0 saturated heterocycles. The molecule has 29 heavy (non-hydrogen) atoms. The van der Waals surface area contributed by atoms with Crippen molar-refractivity contribution in [3.05, 3.63) is 121 Å². The van der Waals surface area contributed by atoms with Gasteiger partial charge in [-0.1, -0.05) is 0 Å². The second kappa shape index (κ2) is 5.82. The Morgan fingerprint density at radius 1 is 0.690 bits per heavy atom. The summed E-state index contributed by atoms with van der Waals surface area (Å²) in [4.78, 5) is 0. The van der Waals surface area contributed by atoms with E-state index in [0.717, 1.165) is 6.42 Å². The molecular formula is C28H17Ga. The number of hydrogen-bond donors (Lipinski definition) is 0. The Balaban J connectivity index is 1.64. The second-order valence-electron chi connectivity index (χ2n) is 8.21. The van der Waals surface area contributed by atoms with Crippen molar-refractivity contribution in [3.8, 4) is 0 Å². The average molecular weight is 423 g/mol. The van der Waals surface area contributed by atoms with Gasteiger partial charge in [-0.15, -0.1) is 0 Å². The molecule has 1 aliphatic heterocycles. The molecule has 0 radical (unpaired) electrons. The molecule has 0 unspecified atom stereocenters. The van der Waals surface area contributed by atoms with Crippen LogP contribution in [0.4, 0.5) is 0 Å². The van der Waals surface area contributed by atoms with Gasteiger partial charge in [-0.25, -0.2) is 0 Å². The summed E-state index contributed by atoms with van der Waals surface area (Å²) in [5.74, 6) is 0. The third-order valence-corrected chi connectivity index (χ3v) is 10.3. The molecule has 0 amide bonds. The molecular weight excluding hydrogens is 406 g/mol. The number of benzene rings is 5. The molecule has 0 N–H and O–H groups in total. The van der Waals surface area contributed by atoms with E-state index in [1.54, 1.807) is 13.4 Å². The van der Waals surface area contributed by atoms with Gasteiger partial charge in [0.05, 0.1) is 0 Å². The molecule has 0 spiro atoms. The Morgan fingerprint density at radius 2 is 1.52 bits per heavy atom. The Labute approximate surface area is 175 Å². The SMILES string of the molecule is C1=c2ccc3[c](c2Cc2ccccc21)[Ga]=[c]1ccc2cc4ccccc4cc2c1=3. The van der Waals surface area contributed by atoms with Crippen LogP contribution in [0.5, 0.6) is 0 Å². The Kier molecular flexibility index (Phi) is 3.21. The summed E-state index contributed by atoms with van der Waals surface area (Å²) in [5, 5.41) is 9.91. The molecule has 0 fully saturated rings. The summed E-state index contributed by atoms with van der Waals surface area (Å²) in [6.07, 6.45) is 3.47. The molecule has 0 bridgehead atoms. The monoisotopic (exact) mass is 422 g/mol. The second-order valence-corrected chi connectivity index (χ2v) is 11.3. The van der Waals surface area contributed by atoms with Crippen molar-refractivity contribution in [2.24, 2.45) is 0 Å². The third-order valence-electron chi connectivity index (χ3n) is 6.61. The fourth-order valence-electron chi connectivity index (χ4n) is 5.20. The van der Waals surface area contributed by atoms with Crippen LogP contribution in [0.15, 0.2) is 84.9 Å². The first kappa shape index (κ1) is 16.0. The van der Waals surface area contributed by atoms with Gasteiger partial charge >= 0.3 is 176 Å². The Morgan fingerprint density at radius 3 is 2.45 bits per heavy atom. The Bertz CT molecular complexity index is 1730. The van der Waals surface area contributed by atoms with Crippen molar-refractivity contribution >= 4 is 48.7 Å². The summed E-state index contributed by atoms with van der Waals surface area (Å²) in [6, 6.07) is 31.9. The van der Waals surface area contributed by atoms with Gasteiger partial charge in [0, 0.05) is 0 Å². The minimum atomic E-state index is -0.645. The van der Waals surface area contributed by atoms with E-state index in [9.17, 15) is 0 Å². The van der Waals surface area contributed by atoms with E-state index in [-0.39, 0.29) is 0 Å². The number of rotatable bonds is 0. The van der Waals surface area contributed by atoms with Crippen LogP contribution in [0.1, 0.15) is 16.7 Å². The van der Waals surface area contributed by atoms with Crippen LogP contribution in [0.25, 0.3) is 27.6 Å². The van der Waals surface area contributed by atoms with E-state index < -0.39 is 17.0 Å². The molecule has 0 nitrogen and oxygen atoms in total. The quantitative estimate of drug-likeness (QED) is 0.247. The molecule has 5 aromatic carbocycles. The van der Waals surface area contributed by atoms with Gasteiger partial charge in [0.2, 0.25) is 0 Å². The third kappa shape index (κ3) is 2.26. The summed E-state index contributed by atoms with van der Waals surface area (Å²) in [5.41, 5.74) is 4.44. The summed E-state index contributed by atoms with van der Waals surface area (Å²) in [7, 11) is 0. The van der Waals surface area contributed by atoms with Crippen LogP contribution < -0.4 is 9.34 Å². The van der Waals surface area contributed by atoms with E-state index in [4.69, 9.17) is 0 Å². The molecule has 0 aromatic heterocycles. The van der Waals surface area contributed by atoms with Crippen molar-refractivity contribution < 1.29 is 0 Å². The maximum atomic E-state index is 2.42. The van der Waals surface area contributed by atoms with Crippen LogP contribution in [0, 0.1) is 14.1 Å². The first-order chi connectivity index (χ1) is 14.3. The van der Waals surface area contributed by atoms with Gasteiger partial charge in [0.25, 0.3) is 0 Å². The van der Waals surface area contributed by atoms with Crippen LogP contribution >= 0.6 is 0 Å². The fourth-order valence-corrected chi connectivity index (χ4v) is 8.97. The van der Waals surface area contributed by atoms with Crippen molar-refractivity contribution in [1.82, 2.24) is 0 Å². The summed E-state index contributed by atoms with van der Waals surface area (Å²) >= 11 is -0.645. The number of fused-ring (bicyclic) bond motifs is 8. The standard InChI is InChI=1S/C28H17.Ga/c1-2-8-21-16-26-17-25(13-12-23(26)14-19(21)6-1)27-11-5-10-24-15-20-7-3-4-9-22(20)18-28(24)27;/h1-10,12-15,18H,16H2;. The molecule has 5 aromatic rings. The normalized spacial score (nSPS) is 13.0. The zero-order valence-electron chi connectivity index (χ0n) is 15.9. The fraction of sp³-hybridized carbons (Fsp3) is 0.0357. The Hall–Kier alpha value is -2.87. The molecule has 1 heterocycles. The first-order valence-electron chi connectivity index (χ1n) is 10.2. The van der Waals surface area contributed by atoms with Gasteiger partial charge in [-0.05, 0) is 0 Å². The average Bonchev–Trinajstić information content (AvgIpc) is 3.16. The summed E-state index contributed by atoms with van der Waals surface area (Å²) < 4.78 is 3.31. The molecule has 0 atom stereocenters. The van der Waals surface area contributed by atoms with E-state index in [0.29, 0.717) is 0 Å². The van der Waals surface area contributed by atoms with Gasteiger partial charge in [-0.3, -0.25) is 0 Å². The van der Waals surface area contributed by atoms with Crippen LogP contribution in [0.2, 0.25) is 0 Å². The first-order valence-corrected chi connectivity index (χ1v) is 12.7. The van der Waals surface area contributed by atoms with Gasteiger partial charge < -0.3 is 0 Å². The zero-order chi connectivity index (χ0) is 18.9. The molecule has 0 saturated carbocycles. The van der Waals surface area contributed by atoms with Gasteiger partial charge in [-0.2, -0.15) is 0 Å². The van der Waals surface area contributed by atoms with Crippen molar-refractivity contribution in [2.75, 3.05) is 0 Å². The van der Waals surface area contributed by atoms with E-state index in [1.807, 2.05) is 0 Å². The predicted octanol–water partition coefficient (Wildman–Crippen LogP) is 4.61. The molecule has 1 aliphatic carbocycles. The van der Waals surface area contributed by atoms with Crippen LogP contribution in [0.3, 0.4) is 0 Å². The van der Waals surface area contributed by atoms with E-state index in [2.05, 4.69) is 91.0 Å². The topological polar surface area (TPSA) is 0 Å².